The molecule has 0 spiro atoms. The zero-order valence-electron chi connectivity index (χ0n) is 11.4. The summed E-state index contributed by atoms with van der Waals surface area (Å²) in [5, 5.41) is 10.1. The Balaban J connectivity index is 2.01. The smallest absolute Gasteiger partial charge is 0.248 e. The molecule has 1 aliphatic heterocycles. The molecular formula is C15H22N2O2. The first-order valence-electron chi connectivity index (χ1n) is 6.80. The molecule has 19 heavy (non-hydrogen) atoms. The van der Waals surface area contributed by atoms with Crippen LogP contribution in [-0.4, -0.2) is 34.6 Å². The van der Waals surface area contributed by atoms with Gasteiger partial charge in [0.2, 0.25) is 5.91 Å². The average molecular weight is 262 g/mol. The maximum atomic E-state index is 11.2. The van der Waals surface area contributed by atoms with Crippen molar-refractivity contribution in [2.24, 2.45) is 5.73 Å². The quantitative estimate of drug-likeness (QED) is 0.868. The van der Waals surface area contributed by atoms with Crippen LogP contribution in [0.2, 0.25) is 0 Å². The van der Waals surface area contributed by atoms with Crippen molar-refractivity contribution in [1.29, 1.82) is 0 Å². The number of carbonyl (C=O) groups excluding carboxylic acids is 1. The molecule has 0 saturated carbocycles. The third kappa shape index (κ3) is 4.04. The normalized spacial score (nSPS) is 24.9. The molecule has 4 nitrogen and oxygen atoms in total. The summed E-state index contributed by atoms with van der Waals surface area (Å²) >= 11 is 0. The fraction of sp³-hybridized carbons (Fsp3) is 0.533. The molecule has 0 bridgehead atoms. The minimum Gasteiger partial charge on any atom is -0.390 e. The number of amides is 1. The summed E-state index contributed by atoms with van der Waals surface area (Å²) in [7, 11) is 0. The first-order valence-corrected chi connectivity index (χ1v) is 6.80. The van der Waals surface area contributed by atoms with Gasteiger partial charge in [0.05, 0.1) is 5.60 Å². The van der Waals surface area contributed by atoms with Crippen LogP contribution >= 0.6 is 0 Å². The van der Waals surface area contributed by atoms with Gasteiger partial charge < -0.3 is 10.8 Å². The van der Waals surface area contributed by atoms with Crippen molar-refractivity contribution in [2.75, 3.05) is 13.1 Å². The fourth-order valence-electron chi connectivity index (χ4n) is 2.56. The Labute approximate surface area is 114 Å². The van der Waals surface area contributed by atoms with Gasteiger partial charge in [0, 0.05) is 18.7 Å². The van der Waals surface area contributed by atoms with E-state index in [9.17, 15) is 9.90 Å². The lowest BCUT2D eigenvalue weighted by molar-refractivity contribution is 0.0444. The van der Waals surface area contributed by atoms with Crippen LogP contribution in [0.5, 0.6) is 0 Å². The van der Waals surface area contributed by atoms with Crippen molar-refractivity contribution < 1.29 is 9.90 Å². The Bertz CT molecular complexity index is 457. The summed E-state index contributed by atoms with van der Waals surface area (Å²) in [6.07, 6.45) is 2.65. The Morgan fingerprint density at radius 1 is 1.42 bits per heavy atom. The SMILES string of the molecule is CC1(O)CCCN(Cc2cccc(C(N)=O)c2)CC1. The van der Waals surface area contributed by atoms with Gasteiger partial charge in [-0.3, -0.25) is 9.69 Å². The van der Waals surface area contributed by atoms with E-state index in [0.717, 1.165) is 44.5 Å². The monoisotopic (exact) mass is 262 g/mol. The molecule has 1 fully saturated rings. The van der Waals surface area contributed by atoms with E-state index in [1.54, 1.807) is 6.07 Å². The molecule has 1 heterocycles. The largest absolute Gasteiger partial charge is 0.390 e. The van der Waals surface area contributed by atoms with Crippen molar-refractivity contribution >= 4 is 5.91 Å². The molecular weight excluding hydrogens is 240 g/mol. The van der Waals surface area contributed by atoms with E-state index in [-0.39, 0.29) is 5.91 Å². The molecule has 1 unspecified atom stereocenters. The summed E-state index contributed by atoms with van der Waals surface area (Å²) in [4.78, 5) is 13.5. The minimum absolute atomic E-state index is 0.388. The molecule has 1 saturated heterocycles. The van der Waals surface area contributed by atoms with Gasteiger partial charge >= 0.3 is 0 Å². The number of hydrogen-bond acceptors (Lipinski definition) is 3. The average Bonchev–Trinajstić information content (AvgIpc) is 2.51. The first-order chi connectivity index (χ1) is 8.96. The molecule has 1 aliphatic rings. The van der Waals surface area contributed by atoms with Gasteiger partial charge in [0.1, 0.15) is 0 Å². The van der Waals surface area contributed by atoms with Crippen molar-refractivity contribution in [3.63, 3.8) is 0 Å². The molecule has 0 aromatic heterocycles. The topological polar surface area (TPSA) is 66.6 Å². The number of aliphatic hydroxyl groups is 1. The molecule has 1 aromatic rings. The number of nitrogens with zero attached hydrogens (tertiary/aromatic N) is 1. The number of nitrogens with two attached hydrogens (primary N) is 1. The Morgan fingerprint density at radius 2 is 2.21 bits per heavy atom. The lowest BCUT2D eigenvalue weighted by Gasteiger charge is -2.22. The van der Waals surface area contributed by atoms with Gasteiger partial charge in [-0.25, -0.2) is 0 Å². The molecule has 2 rings (SSSR count). The van der Waals surface area contributed by atoms with E-state index in [1.807, 2.05) is 25.1 Å². The van der Waals surface area contributed by atoms with Crippen molar-refractivity contribution in [2.45, 2.75) is 38.3 Å². The second-order valence-corrected chi connectivity index (χ2v) is 5.69. The summed E-state index contributed by atoms with van der Waals surface area (Å²) in [5.74, 6) is -0.388. The van der Waals surface area contributed by atoms with Crippen LogP contribution in [-0.2, 0) is 6.54 Å². The van der Waals surface area contributed by atoms with E-state index < -0.39 is 5.60 Å². The van der Waals surface area contributed by atoms with Crippen LogP contribution in [0.4, 0.5) is 0 Å². The van der Waals surface area contributed by atoms with E-state index in [1.165, 1.54) is 0 Å². The lowest BCUT2D eigenvalue weighted by Crippen LogP contribution is -2.28. The Hall–Kier alpha value is -1.39. The molecule has 1 amide bonds. The number of benzene rings is 1. The van der Waals surface area contributed by atoms with E-state index in [2.05, 4.69) is 4.90 Å². The van der Waals surface area contributed by atoms with Crippen LogP contribution in [0.15, 0.2) is 24.3 Å². The molecule has 1 atom stereocenters. The maximum absolute atomic E-state index is 11.2. The molecule has 4 heteroatoms. The number of hydrogen-bond donors (Lipinski definition) is 2. The van der Waals surface area contributed by atoms with Gasteiger partial charge in [-0.15, -0.1) is 0 Å². The third-order valence-corrected chi connectivity index (χ3v) is 3.77. The summed E-state index contributed by atoms with van der Waals surface area (Å²) in [6.45, 7) is 4.58. The Morgan fingerprint density at radius 3 is 2.95 bits per heavy atom. The highest BCUT2D eigenvalue weighted by Crippen LogP contribution is 2.22. The Kier molecular flexibility index (Phi) is 4.22. The van der Waals surface area contributed by atoms with Crippen LogP contribution in [0.25, 0.3) is 0 Å². The predicted octanol–water partition coefficient (Wildman–Crippen LogP) is 1.52. The van der Waals surface area contributed by atoms with Crippen LogP contribution in [0.3, 0.4) is 0 Å². The molecule has 1 aromatic carbocycles. The number of likely N-dealkylation sites (tertiary alicyclic amines) is 1. The molecule has 0 radical (unpaired) electrons. The molecule has 3 N–H and O–H groups in total. The maximum Gasteiger partial charge on any atom is 0.248 e. The van der Waals surface area contributed by atoms with Crippen LogP contribution in [0, 0.1) is 0 Å². The second kappa shape index (κ2) is 5.72. The van der Waals surface area contributed by atoms with Crippen LogP contribution in [0.1, 0.15) is 42.1 Å². The van der Waals surface area contributed by atoms with Crippen LogP contribution < -0.4 is 5.73 Å². The van der Waals surface area contributed by atoms with E-state index >= 15 is 0 Å². The number of carbonyl (C=O) groups is 1. The van der Waals surface area contributed by atoms with E-state index in [4.69, 9.17) is 5.73 Å². The highest BCUT2D eigenvalue weighted by molar-refractivity contribution is 5.92. The fourth-order valence-corrected chi connectivity index (χ4v) is 2.56. The van der Waals surface area contributed by atoms with E-state index in [0.29, 0.717) is 5.56 Å². The highest BCUT2D eigenvalue weighted by atomic mass is 16.3. The van der Waals surface area contributed by atoms with Gasteiger partial charge in [-0.1, -0.05) is 12.1 Å². The summed E-state index contributed by atoms with van der Waals surface area (Å²) in [5.41, 5.74) is 6.40. The lowest BCUT2D eigenvalue weighted by atomic mass is 9.98. The zero-order chi connectivity index (χ0) is 13.9. The van der Waals surface area contributed by atoms with Crippen molar-refractivity contribution in [3.05, 3.63) is 35.4 Å². The zero-order valence-corrected chi connectivity index (χ0v) is 11.4. The van der Waals surface area contributed by atoms with Crippen molar-refractivity contribution in [1.82, 2.24) is 4.90 Å². The highest BCUT2D eigenvalue weighted by Gasteiger charge is 2.24. The first kappa shape index (κ1) is 14.0. The van der Waals surface area contributed by atoms with Gasteiger partial charge in [0.15, 0.2) is 0 Å². The summed E-state index contributed by atoms with van der Waals surface area (Å²) in [6, 6.07) is 7.46. The second-order valence-electron chi connectivity index (χ2n) is 5.69. The van der Waals surface area contributed by atoms with Gasteiger partial charge in [0.25, 0.3) is 0 Å². The minimum atomic E-state index is -0.538. The summed E-state index contributed by atoms with van der Waals surface area (Å²) < 4.78 is 0. The molecule has 0 aliphatic carbocycles. The number of primary amides is 1. The van der Waals surface area contributed by atoms with Crippen molar-refractivity contribution in [3.8, 4) is 0 Å². The standard InChI is InChI=1S/C15H22N2O2/c1-15(19)6-3-8-17(9-7-15)11-12-4-2-5-13(10-12)14(16)18/h2,4-5,10,19H,3,6-9,11H2,1H3,(H2,16,18). The van der Waals surface area contributed by atoms with Gasteiger partial charge in [-0.05, 0) is 50.4 Å². The van der Waals surface area contributed by atoms with Gasteiger partial charge in [-0.2, -0.15) is 0 Å². The predicted molar refractivity (Wildman–Crippen MR) is 74.7 cm³/mol. The molecule has 104 valence electrons. The third-order valence-electron chi connectivity index (χ3n) is 3.77. The number of rotatable bonds is 3.